The van der Waals surface area contributed by atoms with Crippen molar-refractivity contribution in [3.63, 3.8) is 0 Å². The fourth-order valence-electron chi connectivity index (χ4n) is 3.34. The Morgan fingerprint density at radius 1 is 1.08 bits per heavy atom. The number of nitrogens with zero attached hydrogens (tertiary/aromatic N) is 1. The molecule has 1 unspecified atom stereocenters. The van der Waals surface area contributed by atoms with E-state index in [0.29, 0.717) is 6.61 Å². The van der Waals surface area contributed by atoms with Crippen LogP contribution < -0.4 is 4.74 Å². The van der Waals surface area contributed by atoms with Gasteiger partial charge in [0.15, 0.2) is 0 Å². The van der Waals surface area contributed by atoms with Crippen LogP contribution in [0.1, 0.15) is 29.5 Å². The monoisotopic (exact) mass is 325 g/mol. The second-order valence-corrected chi connectivity index (χ2v) is 7.09. The molecule has 1 atom stereocenters. The number of rotatable bonds is 6. The number of ether oxygens (including phenoxy) is 1. The van der Waals surface area contributed by atoms with Gasteiger partial charge in [-0.3, -0.25) is 0 Å². The first-order chi connectivity index (χ1) is 11.6. The van der Waals surface area contributed by atoms with Gasteiger partial charge in [-0.25, -0.2) is 0 Å². The number of benzene rings is 2. The van der Waals surface area contributed by atoms with E-state index in [1.165, 1.54) is 36.9 Å². The van der Waals surface area contributed by atoms with Gasteiger partial charge in [-0.2, -0.15) is 0 Å². The molecule has 1 aliphatic rings. The topological polar surface area (TPSA) is 32.7 Å². The Balaban J connectivity index is 1.57. The first-order valence-electron chi connectivity index (χ1n) is 8.77. The first kappa shape index (κ1) is 16.8. The van der Waals surface area contributed by atoms with Crippen LogP contribution in [0.3, 0.4) is 0 Å². The number of fused-ring (bicyclic) bond motifs is 1. The van der Waals surface area contributed by atoms with Gasteiger partial charge >= 0.3 is 0 Å². The van der Waals surface area contributed by atoms with E-state index in [1.54, 1.807) is 12.1 Å². The summed E-state index contributed by atoms with van der Waals surface area (Å²) in [6.07, 6.45) is 4.92. The largest absolute Gasteiger partial charge is 0.508 e. The Labute approximate surface area is 144 Å². The van der Waals surface area contributed by atoms with Crippen LogP contribution in [0.5, 0.6) is 11.5 Å². The van der Waals surface area contributed by atoms with Crippen molar-refractivity contribution in [2.45, 2.75) is 32.3 Å². The Morgan fingerprint density at radius 2 is 1.88 bits per heavy atom. The van der Waals surface area contributed by atoms with Gasteiger partial charge in [-0.05, 0) is 93.2 Å². The molecule has 3 rings (SSSR count). The molecule has 0 saturated heterocycles. The second-order valence-electron chi connectivity index (χ2n) is 7.09. The lowest BCUT2D eigenvalue weighted by Crippen LogP contribution is -2.21. The summed E-state index contributed by atoms with van der Waals surface area (Å²) in [5.41, 5.74) is 4.00. The van der Waals surface area contributed by atoms with E-state index < -0.39 is 0 Å². The van der Waals surface area contributed by atoms with Crippen LogP contribution >= 0.6 is 0 Å². The van der Waals surface area contributed by atoms with Gasteiger partial charge in [0.1, 0.15) is 18.1 Å². The first-order valence-corrected chi connectivity index (χ1v) is 8.77. The van der Waals surface area contributed by atoms with Crippen LogP contribution in [-0.4, -0.2) is 30.6 Å². The highest BCUT2D eigenvalue weighted by Crippen LogP contribution is 2.30. The molecule has 1 N–H and O–H groups in total. The van der Waals surface area contributed by atoms with Crippen molar-refractivity contribution in [2.24, 2.45) is 5.92 Å². The van der Waals surface area contributed by atoms with E-state index in [1.807, 2.05) is 12.1 Å². The van der Waals surface area contributed by atoms with Crippen molar-refractivity contribution >= 4 is 0 Å². The summed E-state index contributed by atoms with van der Waals surface area (Å²) in [4.78, 5) is 2.27. The van der Waals surface area contributed by atoms with Gasteiger partial charge in [0.25, 0.3) is 0 Å². The molecule has 0 amide bonds. The maximum Gasteiger partial charge on any atom is 0.120 e. The van der Waals surface area contributed by atoms with Crippen molar-refractivity contribution in [1.29, 1.82) is 0 Å². The molecule has 2 aromatic carbocycles. The molecule has 0 aromatic heterocycles. The minimum atomic E-state index is 0.288. The van der Waals surface area contributed by atoms with Crippen LogP contribution in [0.4, 0.5) is 0 Å². The maximum absolute atomic E-state index is 9.32. The zero-order valence-electron chi connectivity index (χ0n) is 14.7. The highest BCUT2D eigenvalue weighted by molar-refractivity contribution is 5.37. The van der Waals surface area contributed by atoms with Crippen molar-refractivity contribution in [3.05, 3.63) is 59.2 Å². The van der Waals surface area contributed by atoms with E-state index in [-0.39, 0.29) is 5.75 Å². The fourth-order valence-corrected chi connectivity index (χ4v) is 3.34. The molecule has 3 nitrogen and oxygen atoms in total. The lowest BCUT2D eigenvalue weighted by atomic mass is 9.82. The van der Waals surface area contributed by atoms with Crippen molar-refractivity contribution in [2.75, 3.05) is 20.6 Å². The molecule has 0 spiro atoms. The van der Waals surface area contributed by atoms with E-state index in [0.717, 1.165) is 23.7 Å². The summed E-state index contributed by atoms with van der Waals surface area (Å²) in [6.45, 7) is 1.71. The van der Waals surface area contributed by atoms with Gasteiger partial charge in [-0.1, -0.05) is 18.2 Å². The highest BCUT2D eigenvalue weighted by Gasteiger charge is 2.19. The minimum Gasteiger partial charge on any atom is -0.508 e. The van der Waals surface area contributed by atoms with Gasteiger partial charge in [-0.15, -0.1) is 0 Å². The summed E-state index contributed by atoms with van der Waals surface area (Å²) in [7, 11) is 4.29. The van der Waals surface area contributed by atoms with E-state index in [9.17, 15) is 5.11 Å². The molecule has 1 aliphatic carbocycles. The Hall–Kier alpha value is -2.00. The van der Waals surface area contributed by atoms with E-state index in [4.69, 9.17) is 4.74 Å². The van der Waals surface area contributed by atoms with Crippen LogP contribution in [-0.2, 0) is 19.4 Å². The fraction of sp³-hybridized carbons (Fsp3) is 0.429. The summed E-state index contributed by atoms with van der Waals surface area (Å²) in [5.74, 6) is 2.04. The molecule has 0 heterocycles. The van der Waals surface area contributed by atoms with E-state index in [2.05, 4.69) is 37.2 Å². The lowest BCUT2D eigenvalue weighted by molar-refractivity contribution is 0.304. The van der Waals surface area contributed by atoms with Gasteiger partial charge in [0, 0.05) is 0 Å². The average Bonchev–Trinajstić information content (AvgIpc) is 2.59. The Bertz CT molecular complexity index is 664. The quantitative estimate of drug-likeness (QED) is 0.870. The number of hydrogen-bond acceptors (Lipinski definition) is 3. The molecule has 3 heteroatoms. The van der Waals surface area contributed by atoms with Gasteiger partial charge < -0.3 is 14.7 Å². The highest BCUT2D eigenvalue weighted by atomic mass is 16.5. The van der Waals surface area contributed by atoms with Crippen LogP contribution in [0.2, 0.25) is 0 Å². The summed E-state index contributed by atoms with van der Waals surface area (Å²) < 4.78 is 5.92. The lowest BCUT2D eigenvalue weighted by Gasteiger charge is -2.26. The van der Waals surface area contributed by atoms with Gasteiger partial charge in [0.2, 0.25) is 0 Å². The Morgan fingerprint density at radius 3 is 2.62 bits per heavy atom. The van der Waals surface area contributed by atoms with Crippen molar-refractivity contribution in [3.8, 4) is 11.5 Å². The smallest absolute Gasteiger partial charge is 0.120 e. The van der Waals surface area contributed by atoms with Crippen LogP contribution in [0.25, 0.3) is 0 Å². The number of aromatic hydroxyl groups is 1. The minimum absolute atomic E-state index is 0.288. The predicted molar refractivity (Wildman–Crippen MR) is 97.6 cm³/mol. The molecule has 2 aromatic rings. The predicted octanol–water partition coefficient (Wildman–Crippen LogP) is 4.03. The van der Waals surface area contributed by atoms with Crippen LogP contribution in [0.15, 0.2) is 42.5 Å². The molecular weight excluding hydrogens is 298 g/mol. The summed E-state index contributed by atoms with van der Waals surface area (Å²) in [6, 6.07) is 13.7. The third-order valence-corrected chi connectivity index (χ3v) is 4.83. The molecule has 0 radical (unpaired) electrons. The molecule has 0 bridgehead atoms. The molecular formula is C21H27NO2. The Kier molecular flexibility index (Phi) is 5.41. The number of hydrogen-bond donors (Lipinski definition) is 1. The molecule has 0 fully saturated rings. The molecule has 24 heavy (non-hydrogen) atoms. The molecule has 0 saturated carbocycles. The number of aryl methyl sites for hydroxylation is 1. The summed E-state index contributed by atoms with van der Waals surface area (Å²) >= 11 is 0. The molecule has 0 aliphatic heterocycles. The third-order valence-electron chi connectivity index (χ3n) is 4.83. The van der Waals surface area contributed by atoms with Crippen LogP contribution in [0, 0.1) is 5.92 Å². The molecule has 128 valence electrons. The maximum atomic E-state index is 9.32. The SMILES string of the molecule is CN(C)CCC1CCc2cc(OCc3ccc(O)cc3)ccc2C1. The third kappa shape index (κ3) is 4.51. The number of phenols is 1. The van der Waals surface area contributed by atoms with Crippen molar-refractivity contribution in [1.82, 2.24) is 4.90 Å². The second kappa shape index (κ2) is 7.71. The average molecular weight is 325 g/mol. The zero-order chi connectivity index (χ0) is 16.9. The normalized spacial score (nSPS) is 16.9. The zero-order valence-corrected chi connectivity index (χ0v) is 14.7. The standard InChI is InChI=1S/C21H27NO2/c1-22(2)12-11-16-3-6-19-14-21(10-7-18(19)13-16)24-15-17-4-8-20(23)9-5-17/h4-5,7-10,14,16,23H,3,6,11-13,15H2,1-2H3. The summed E-state index contributed by atoms with van der Waals surface area (Å²) in [5, 5.41) is 9.32. The van der Waals surface area contributed by atoms with Gasteiger partial charge in [0.05, 0.1) is 0 Å². The van der Waals surface area contributed by atoms with E-state index >= 15 is 0 Å². The number of phenolic OH excluding ortho intramolecular Hbond substituents is 1. The van der Waals surface area contributed by atoms with Crippen molar-refractivity contribution < 1.29 is 9.84 Å².